The Kier molecular flexibility index (Phi) is 2.09. The van der Waals surface area contributed by atoms with Gasteiger partial charge in [-0.25, -0.2) is 0 Å². The van der Waals surface area contributed by atoms with Gasteiger partial charge in [-0.05, 0) is 18.4 Å². The fraction of sp³-hybridized carbons (Fsp3) is 0.111. The van der Waals surface area contributed by atoms with Gasteiger partial charge in [0.15, 0.2) is 5.75 Å². The van der Waals surface area contributed by atoms with Crippen LogP contribution in [0.4, 0.5) is 0 Å². The summed E-state index contributed by atoms with van der Waals surface area (Å²) in [5.41, 5.74) is 0. The van der Waals surface area contributed by atoms with Crippen molar-refractivity contribution >= 4 is 33.2 Å². The number of aromatic hydroxyl groups is 2. The van der Waals surface area contributed by atoms with Crippen LogP contribution < -0.4 is 0 Å². The van der Waals surface area contributed by atoms with Gasteiger partial charge >= 0.3 is 0 Å². The van der Waals surface area contributed by atoms with Gasteiger partial charge in [0, 0.05) is 4.70 Å². The van der Waals surface area contributed by atoms with Crippen LogP contribution in [0, 0.1) is 0 Å². The molecule has 0 saturated carbocycles. The number of thioether (sulfide) groups is 1. The molecule has 0 radical (unpaired) electrons. The highest BCUT2D eigenvalue weighted by atomic mass is 32.2. The third-order valence-corrected chi connectivity index (χ3v) is 4.08. The van der Waals surface area contributed by atoms with Crippen LogP contribution in [0.3, 0.4) is 0 Å². The summed E-state index contributed by atoms with van der Waals surface area (Å²) in [6.45, 7) is 0. The van der Waals surface area contributed by atoms with Crippen molar-refractivity contribution in [2.24, 2.45) is 0 Å². The molecule has 4 heteroatoms. The summed E-state index contributed by atoms with van der Waals surface area (Å²) < 4.78 is 1.76. The molecular weight excluding hydrogens is 204 g/mol. The first-order chi connectivity index (χ1) is 6.24. The van der Waals surface area contributed by atoms with Gasteiger partial charge in [0.25, 0.3) is 0 Å². The molecule has 13 heavy (non-hydrogen) atoms. The topological polar surface area (TPSA) is 40.5 Å². The zero-order valence-corrected chi connectivity index (χ0v) is 8.58. The van der Waals surface area contributed by atoms with E-state index in [1.807, 2.05) is 12.3 Å². The maximum atomic E-state index is 9.70. The SMILES string of the molecule is CSc1sc2cccc(O)c2c1O. The Morgan fingerprint density at radius 1 is 1.31 bits per heavy atom. The molecule has 0 atom stereocenters. The van der Waals surface area contributed by atoms with E-state index in [4.69, 9.17) is 0 Å². The molecular formula is C9H8O2S2. The molecule has 0 aliphatic heterocycles. The van der Waals surface area contributed by atoms with Crippen LogP contribution >= 0.6 is 23.1 Å². The van der Waals surface area contributed by atoms with Crippen molar-refractivity contribution in [2.45, 2.75) is 4.21 Å². The van der Waals surface area contributed by atoms with Gasteiger partial charge in [0.1, 0.15) is 9.96 Å². The largest absolute Gasteiger partial charge is 0.507 e. The molecule has 0 bridgehead atoms. The monoisotopic (exact) mass is 212 g/mol. The molecule has 1 aromatic heterocycles. The van der Waals surface area contributed by atoms with Crippen molar-refractivity contribution < 1.29 is 10.2 Å². The van der Waals surface area contributed by atoms with Gasteiger partial charge in [-0.2, -0.15) is 0 Å². The first kappa shape index (κ1) is 8.72. The van der Waals surface area contributed by atoms with Crippen LogP contribution in [0.2, 0.25) is 0 Å². The minimum Gasteiger partial charge on any atom is -0.507 e. The van der Waals surface area contributed by atoms with Crippen molar-refractivity contribution in [3.8, 4) is 11.5 Å². The summed E-state index contributed by atoms with van der Waals surface area (Å²) in [6, 6.07) is 5.25. The predicted molar refractivity (Wildman–Crippen MR) is 56.9 cm³/mol. The quantitative estimate of drug-likeness (QED) is 0.714. The summed E-state index contributed by atoms with van der Waals surface area (Å²) in [4.78, 5) is 0. The molecule has 0 saturated heterocycles. The van der Waals surface area contributed by atoms with Crippen molar-refractivity contribution in [1.82, 2.24) is 0 Å². The molecule has 2 rings (SSSR count). The Balaban J connectivity index is 2.85. The third kappa shape index (κ3) is 1.26. The highest BCUT2D eigenvalue weighted by Gasteiger charge is 2.12. The van der Waals surface area contributed by atoms with E-state index in [1.165, 1.54) is 23.1 Å². The summed E-state index contributed by atoms with van der Waals surface area (Å²) in [6.07, 6.45) is 1.90. The fourth-order valence-corrected chi connectivity index (χ4v) is 2.98. The Labute approximate surface area is 83.8 Å². The second-order valence-electron chi connectivity index (χ2n) is 2.59. The van der Waals surface area contributed by atoms with Crippen LogP contribution in [0.1, 0.15) is 0 Å². The lowest BCUT2D eigenvalue weighted by Gasteiger charge is -1.94. The zero-order chi connectivity index (χ0) is 9.42. The Morgan fingerprint density at radius 3 is 2.69 bits per heavy atom. The molecule has 2 aromatic rings. The number of fused-ring (bicyclic) bond motifs is 1. The third-order valence-electron chi connectivity index (χ3n) is 1.82. The predicted octanol–water partition coefficient (Wildman–Crippen LogP) is 3.03. The summed E-state index contributed by atoms with van der Waals surface area (Å²) in [7, 11) is 0. The van der Waals surface area contributed by atoms with Gasteiger partial charge in [-0.15, -0.1) is 23.1 Å². The lowest BCUT2D eigenvalue weighted by molar-refractivity contribution is 0.459. The van der Waals surface area contributed by atoms with Gasteiger partial charge in [0.05, 0.1) is 5.39 Å². The van der Waals surface area contributed by atoms with E-state index in [0.717, 1.165) is 8.91 Å². The van der Waals surface area contributed by atoms with E-state index in [0.29, 0.717) is 5.39 Å². The maximum absolute atomic E-state index is 9.70. The van der Waals surface area contributed by atoms with Gasteiger partial charge in [-0.3, -0.25) is 0 Å². The molecule has 2 N–H and O–H groups in total. The van der Waals surface area contributed by atoms with Crippen LogP contribution in [0.25, 0.3) is 10.1 Å². The highest BCUT2D eigenvalue weighted by molar-refractivity contribution is 8.00. The van der Waals surface area contributed by atoms with E-state index in [9.17, 15) is 10.2 Å². The molecule has 68 valence electrons. The minimum atomic E-state index is 0.145. The Bertz CT molecular complexity index is 448. The number of phenols is 1. The molecule has 2 nitrogen and oxygen atoms in total. The number of hydrogen-bond donors (Lipinski definition) is 2. The molecule has 0 amide bonds. The molecule has 0 aliphatic carbocycles. The molecule has 0 aliphatic rings. The average Bonchev–Trinajstić information content (AvgIpc) is 2.44. The zero-order valence-electron chi connectivity index (χ0n) is 6.94. The lowest BCUT2D eigenvalue weighted by atomic mass is 10.2. The normalized spacial score (nSPS) is 10.8. The number of rotatable bonds is 1. The summed E-state index contributed by atoms with van der Waals surface area (Å²) in [5.74, 6) is 0.345. The van der Waals surface area contributed by atoms with Crippen LogP contribution in [-0.2, 0) is 0 Å². The van der Waals surface area contributed by atoms with Crippen LogP contribution in [0.15, 0.2) is 22.4 Å². The van der Waals surface area contributed by atoms with E-state index in [1.54, 1.807) is 12.1 Å². The van der Waals surface area contributed by atoms with Crippen molar-refractivity contribution in [3.05, 3.63) is 18.2 Å². The average molecular weight is 212 g/mol. The van der Waals surface area contributed by atoms with E-state index in [-0.39, 0.29) is 11.5 Å². The summed E-state index contributed by atoms with van der Waals surface area (Å²) in [5, 5.41) is 19.8. The van der Waals surface area contributed by atoms with Crippen LogP contribution in [-0.4, -0.2) is 16.5 Å². The van der Waals surface area contributed by atoms with Gasteiger partial charge in [-0.1, -0.05) is 6.07 Å². The van der Waals surface area contributed by atoms with Gasteiger partial charge < -0.3 is 10.2 Å². The number of benzene rings is 1. The fourth-order valence-electron chi connectivity index (χ4n) is 1.23. The Hall–Kier alpha value is -0.870. The number of phenolic OH excluding ortho intramolecular Hbond substituents is 1. The van der Waals surface area contributed by atoms with Crippen molar-refractivity contribution in [2.75, 3.05) is 6.26 Å². The Morgan fingerprint density at radius 2 is 2.08 bits per heavy atom. The van der Waals surface area contributed by atoms with Crippen LogP contribution in [0.5, 0.6) is 11.5 Å². The molecule has 1 aromatic carbocycles. The second-order valence-corrected chi connectivity index (χ2v) is 4.72. The van der Waals surface area contributed by atoms with Gasteiger partial charge in [0.2, 0.25) is 0 Å². The summed E-state index contributed by atoms with van der Waals surface area (Å²) >= 11 is 2.98. The van der Waals surface area contributed by atoms with E-state index >= 15 is 0 Å². The second kappa shape index (κ2) is 3.12. The highest BCUT2D eigenvalue weighted by Crippen LogP contribution is 2.45. The molecule has 0 fully saturated rings. The standard InChI is InChI=1S/C9H8O2S2/c1-12-9-8(11)7-5(10)3-2-4-6(7)13-9/h2-4,10-11H,1H3. The maximum Gasteiger partial charge on any atom is 0.151 e. The minimum absolute atomic E-state index is 0.145. The number of hydrogen-bond acceptors (Lipinski definition) is 4. The smallest absolute Gasteiger partial charge is 0.151 e. The molecule has 0 unspecified atom stereocenters. The van der Waals surface area contributed by atoms with Crippen molar-refractivity contribution in [1.29, 1.82) is 0 Å². The molecule has 1 heterocycles. The van der Waals surface area contributed by atoms with E-state index in [2.05, 4.69) is 0 Å². The number of thiophene rings is 1. The van der Waals surface area contributed by atoms with E-state index < -0.39 is 0 Å². The first-order valence-electron chi connectivity index (χ1n) is 3.71. The first-order valence-corrected chi connectivity index (χ1v) is 5.75. The lowest BCUT2D eigenvalue weighted by Crippen LogP contribution is -1.66. The van der Waals surface area contributed by atoms with Crippen molar-refractivity contribution in [3.63, 3.8) is 0 Å². The molecule has 0 spiro atoms.